The molecule has 0 amide bonds. The molecular weight excluding hydrogens is 327 g/mol. The van der Waals surface area contributed by atoms with Crippen LogP contribution >= 0.6 is 23.2 Å². The van der Waals surface area contributed by atoms with Gasteiger partial charge in [-0.25, -0.2) is 0 Å². The first-order chi connectivity index (χ1) is 11.2. The molecule has 0 radical (unpaired) electrons. The lowest BCUT2D eigenvalue weighted by molar-refractivity contribution is 0.103. The van der Waals surface area contributed by atoms with Gasteiger partial charge in [0, 0.05) is 22.1 Å². The molecule has 0 saturated carbocycles. The van der Waals surface area contributed by atoms with Crippen molar-refractivity contribution in [2.24, 2.45) is 0 Å². The number of ketones is 1. The molecule has 3 aromatic carbocycles. The molecule has 0 fully saturated rings. The zero-order valence-electron chi connectivity index (χ0n) is 12.1. The Morgan fingerprint density at radius 2 is 1.43 bits per heavy atom. The van der Waals surface area contributed by atoms with Gasteiger partial charge in [-0.15, -0.1) is 0 Å². The molecule has 0 heterocycles. The lowest BCUT2D eigenvalue weighted by Gasteiger charge is -2.29. The second-order valence-corrected chi connectivity index (χ2v) is 6.39. The smallest absolute Gasteiger partial charge is 0.195 e. The van der Waals surface area contributed by atoms with Gasteiger partial charge in [0.2, 0.25) is 0 Å². The Morgan fingerprint density at radius 3 is 2.22 bits per heavy atom. The molecule has 0 N–H and O–H groups in total. The Morgan fingerprint density at radius 1 is 0.739 bits per heavy atom. The second kappa shape index (κ2) is 5.52. The van der Waals surface area contributed by atoms with Gasteiger partial charge in [-0.2, -0.15) is 0 Å². The lowest BCUT2D eigenvalue weighted by atomic mass is 9.74. The largest absolute Gasteiger partial charge is 0.289 e. The topological polar surface area (TPSA) is 17.1 Å². The van der Waals surface area contributed by atoms with Gasteiger partial charge in [0.1, 0.15) is 0 Å². The van der Waals surface area contributed by atoms with E-state index in [4.69, 9.17) is 23.2 Å². The molecule has 0 saturated heterocycles. The highest BCUT2D eigenvalue weighted by Gasteiger charge is 2.34. The number of hydrogen-bond donors (Lipinski definition) is 0. The highest BCUT2D eigenvalue weighted by atomic mass is 35.5. The fourth-order valence-corrected chi connectivity index (χ4v) is 3.88. The van der Waals surface area contributed by atoms with Crippen LogP contribution in [0.5, 0.6) is 0 Å². The Kier molecular flexibility index (Phi) is 3.48. The highest BCUT2D eigenvalue weighted by Crippen LogP contribution is 2.45. The van der Waals surface area contributed by atoms with Crippen molar-refractivity contribution in [3.05, 3.63) is 105 Å². The molecule has 1 nitrogen and oxygen atoms in total. The van der Waals surface area contributed by atoms with Crippen LogP contribution in [0.15, 0.2) is 66.7 Å². The number of carbonyl (C=O) groups is 1. The molecule has 1 aliphatic carbocycles. The minimum absolute atomic E-state index is 0.0599. The van der Waals surface area contributed by atoms with Gasteiger partial charge in [0.05, 0.1) is 5.02 Å². The van der Waals surface area contributed by atoms with E-state index in [0.717, 1.165) is 16.7 Å². The molecule has 0 aromatic heterocycles. The van der Waals surface area contributed by atoms with Crippen LogP contribution in [0.2, 0.25) is 10.0 Å². The predicted molar refractivity (Wildman–Crippen MR) is 93.7 cm³/mol. The van der Waals surface area contributed by atoms with Crippen LogP contribution in [-0.4, -0.2) is 5.78 Å². The van der Waals surface area contributed by atoms with E-state index in [2.05, 4.69) is 12.1 Å². The number of fused-ring (bicyclic) bond motifs is 2. The predicted octanol–water partition coefficient (Wildman–Crippen LogP) is 5.72. The summed E-state index contributed by atoms with van der Waals surface area (Å²) in [5, 5.41) is 1.09. The first kappa shape index (κ1) is 14.5. The highest BCUT2D eigenvalue weighted by molar-refractivity contribution is 6.36. The summed E-state index contributed by atoms with van der Waals surface area (Å²) in [5.41, 5.74) is 4.08. The first-order valence-corrected chi connectivity index (χ1v) is 8.10. The Bertz CT molecular complexity index is 916. The molecule has 0 aliphatic heterocycles. The maximum atomic E-state index is 12.9. The van der Waals surface area contributed by atoms with Gasteiger partial charge >= 0.3 is 0 Å². The average molecular weight is 339 g/mol. The standard InChI is InChI=1S/C20H12Cl2O/c21-15-10-5-9-14-18(15)17(12-6-2-1-3-7-12)13-8-4-11-16(22)19(13)20(14)23/h1-11,17H. The van der Waals surface area contributed by atoms with Crippen molar-refractivity contribution in [1.29, 1.82) is 0 Å². The van der Waals surface area contributed by atoms with Crippen molar-refractivity contribution >= 4 is 29.0 Å². The van der Waals surface area contributed by atoms with E-state index in [9.17, 15) is 4.79 Å². The fraction of sp³-hybridized carbons (Fsp3) is 0.0500. The van der Waals surface area contributed by atoms with E-state index in [1.807, 2.05) is 48.5 Å². The van der Waals surface area contributed by atoms with Crippen LogP contribution in [0.3, 0.4) is 0 Å². The minimum Gasteiger partial charge on any atom is -0.289 e. The van der Waals surface area contributed by atoms with E-state index in [1.165, 1.54) is 0 Å². The van der Waals surface area contributed by atoms with Crippen molar-refractivity contribution in [2.75, 3.05) is 0 Å². The van der Waals surface area contributed by atoms with Crippen LogP contribution in [0.1, 0.15) is 38.5 Å². The van der Waals surface area contributed by atoms with Crippen molar-refractivity contribution in [2.45, 2.75) is 5.92 Å². The van der Waals surface area contributed by atoms with E-state index < -0.39 is 0 Å². The van der Waals surface area contributed by atoms with Crippen LogP contribution in [-0.2, 0) is 0 Å². The van der Waals surface area contributed by atoms with E-state index in [1.54, 1.807) is 6.07 Å². The molecule has 0 spiro atoms. The maximum absolute atomic E-state index is 12.9. The van der Waals surface area contributed by atoms with Gasteiger partial charge in [0.25, 0.3) is 0 Å². The van der Waals surface area contributed by atoms with Crippen molar-refractivity contribution in [1.82, 2.24) is 0 Å². The molecule has 3 aromatic rings. The molecular formula is C20H12Cl2O. The van der Waals surface area contributed by atoms with Crippen LogP contribution in [0, 0.1) is 0 Å². The van der Waals surface area contributed by atoms with Gasteiger partial charge in [0.15, 0.2) is 5.78 Å². The summed E-state index contributed by atoms with van der Waals surface area (Å²) < 4.78 is 0. The Hall–Kier alpha value is -2.09. The molecule has 3 heteroatoms. The van der Waals surface area contributed by atoms with E-state index >= 15 is 0 Å². The minimum atomic E-state index is -0.0914. The third kappa shape index (κ3) is 2.20. The third-order valence-electron chi connectivity index (χ3n) is 4.30. The quantitative estimate of drug-likeness (QED) is 0.434. The van der Waals surface area contributed by atoms with Crippen molar-refractivity contribution in [3.8, 4) is 0 Å². The molecule has 1 unspecified atom stereocenters. The monoisotopic (exact) mass is 338 g/mol. The van der Waals surface area contributed by atoms with Crippen LogP contribution in [0.25, 0.3) is 0 Å². The molecule has 23 heavy (non-hydrogen) atoms. The Balaban J connectivity index is 2.09. The molecule has 4 rings (SSSR count). The maximum Gasteiger partial charge on any atom is 0.195 e. The molecule has 0 bridgehead atoms. The third-order valence-corrected chi connectivity index (χ3v) is 4.95. The van der Waals surface area contributed by atoms with Gasteiger partial charge in [-0.1, -0.05) is 77.8 Å². The number of carbonyl (C=O) groups excluding carboxylic acids is 1. The van der Waals surface area contributed by atoms with E-state index in [-0.39, 0.29) is 11.7 Å². The SMILES string of the molecule is O=C1c2cccc(Cl)c2C(c2ccccc2)c2cccc(Cl)c21. The summed E-state index contributed by atoms with van der Waals surface area (Å²) in [6, 6.07) is 21.1. The summed E-state index contributed by atoms with van der Waals surface area (Å²) in [4.78, 5) is 12.9. The number of rotatable bonds is 1. The van der Waals surface area contributed by atoms with Gasteiger partial charge < -0.3 is 0 Å². The van der Waals surface area contributed by atoms with Crippen molar-refractivity contribution in [3.63, 3.8) is 0 Å². The van der Waals surface area contributed by atoms with Crippen LogP contribution in [0.4, 0.5) is 0 Å². The first-order valence-electron chi connectivity index (χ1n) is 7.35. The molecule has 1 atom stereocenters. The van der Waals surface area contributed by atoms with Gasteiger partial charge in [-0.3, -0.25) is 4.79 Å². The summed E-state index contributed by atoms with van der Waals surface area (Å²) in [7, 11) is 0. The number of halogens is 2. The summed E-state index contributed by atoms with van der Waals surface area (Å²) in [6.45, 7) is 0. The number of hydrogen-bond acceptors (Lipinski definition) is 1. The van der Waals surface area contributed by atoms with Gasteiger partial charge in [-0.05, 0) is 28.8 Å². The molecule has 1 aliphatic rings. The normalized spacial score (nSPS) is 15.9. The summed E-state index contributed by atoms with van der Waals surface area (Å²) in [6.07, 6.45) is 0. The zero-order chi connectivity index (χ0) is 16.0. The summed E-state index contributed by atoms with van der Waals surface area (Å²) >= 11 is 12.8. The fourth-order valence-electron chi connectivity index (χ4n) is 3.33. The second-order valence-electron chi connectivity index (χ2n) is 5.58. The van der Waals surface area contributed by atoms with Crippen LogP contribution < -0.4 is 0 Å². The lowest BCUT2D eigenvalue weighted by Crippen LogP contribution is -2.21. The number of benzene rings is 3. The molecule has 112 valence electrons. The zero-order valence-corrected chi connectivity index (χ0v) is 13.6. The van der Waals surface area contributed by atoms with Crippen molar-refractivity contribution < 1.29 is 4.79 Å². The summed E-state index contributed by atoms with van der Waals surface area (Å²) in [5.74, 6) is -0.151. The average Bonchev–Trinajstić information content (AvgIpc) is 2.57. The van der Waals surface area contributed by atoms with E-state index in [0.29, 0.717) is 21.2 Å². The Labute approximate surface area is 144 Å².